The van der Waals surface area contributed by atoms with Crippen molar-refractivity contribution in [3.63, 3.8) is 0 Å². The van der Waals surface area contributed by atoms with Crippen LogP contribution in [0.3, 0.4) is 0 Å². The molecule has 7 heteroatoms. The standard InChI is InChI=1S/C20H30N4O3/c1-3-21-20(24-10-7-17(8-11-24)19(25)26-2)23-13-16-6-9-22-18(12-16)27-14-15-4-5-15/h6,9,12,15,17H,3-5,7-8,10-11,13-14H2,1-2H3,(H,21,23). The SMILES string of the molecule is CCNC(=NCc1ccnc(OCC2CC2)c1)N1CCC(C(=O)OC)CC1. The molecule has 1 saturated heterocycles. The lowest BCUT2D eigenvalue weighted by Gasteiger charge is -2.33. The summed E-state index contributed by atoms with van der Waals surface area (Å²) in [5.74, 6) is 2.17. The number of guanidine groups is 1. The molecule has 3 rings (SSSR count). The number of methoxy groups -OCH3 is 1. The van der Waals surface area contributed by atoms with Gasteiger partial charge in [-0.2, -0.15) is 0 Å². The molecule has 0 bridgehead atoms. The van der Waals surface area contributed by atoms with E-state index in [-0.39, 0.29) is 11.9 Å². The molecule has 0 atom stereocenters. The molecule has 2 heterocycles. The number of hydrogen-bond acceptors (Lipinski definition) is 5. The van der Waals surface area contributed by atoms with Crippen molar-refractivity contribution in [3.8, 4) is 5.88 Å². The molecule has 7 nitrogen and oxygen atoms in total. The van der Waals surface area contributed by atoms with Crippen LogP contribution in [-0.2, 0) is 16.1 Å². The third-order valence-electron chi connectivity index (χ3n) is 5.04. The van der Waals surface area contributed by atoms with Crippen molar-refractivity contribution in [2.24, 2.45) is 16.8 Å². The van der Waals surface area contributed by atoms with Crippen LogP contribution in [0.5, 0.6) is 5.88 Å². The van der Waals surface area contributed by atoms with Crippen molar-refractivity contribution in [1.29, 1.82) is 0 Å². The molecule has 0 radical (unpaired) electrons. The average Bonchev–Trinajstić information content (AvgIpc) is 3.54. The number of aliphatic imine (C=N–C) groups is 1. The number of nitrogens with zero attached hydrogens (tertiary/aromatic N) is 3. The molecule has 27 heavy (non-hydrogen) atoms. The van der Waals surface area contributed by atoms with E-state index in [0.717, 1.165) is 50.6 Å². The van der Waals surface area contributed by atoms with Crippen LogP contribution in [0.1, 0.15) is 38.2 Å². The largest absolute Gasteiger partial charge is 0.477 e. The Bertz CT molecular complexity index is 652. The van der Waals surface area contributed by atoms with E-state index < -0.39 is 0 Å². The van der Waals surface area contributed by atoms with Gasteiger partial charge in [0.25, 0.3) is 0 Å². The fraction of sp³-hybridized carbons (Fsp3) is 0.650. The second-order valence-corrected chi connectivity index (χ2v) is 7.21. The van der Waals surface area contributed by atoms with E-state index in [1.807, 2.05) is 12.1 Å². The first-order valence-electron chi connectivity index (χ1n) is 9.88. The van der Waals surface area contributed by atoms with Crippen LogP contribution in [0.25, 0.3) is 0 Å². The number of carbonyl (C=O) groups excluding carboxylic acids is 1. The van der Waals surface area contributed by atoms with Gasteiger partial charge in [0, 0.05) is 31.9 Å². The predicted molar refractivity (Wildman–Crippen MR) is 104 cm³/mol. The number of nitrogens with one attached hydrogen (secondary N) is 1. The summed E-state index contributed by atoms with van der Waals surface area (Å²) in [5, 5.41) is 3.36. The number of rotatable bonds is 7. The molecule has 1 aliphatic carbocycles. The maximum absolute atomic E-state index is 11.7. The minimum absolute atomic E-state index is 0.000462. The first-order valence-corrected chi connectivity index (χ1v) is 9.88. The summed E-state index contributed by atoms with van der Waals surface area (Å²) in [6.07, 6.45) is 5.91. The van der Waals surface area contributed by atoms with E-state index in [1.54, 1.807) is 6.20 Å². The van der Waals surface area contributed by atoms with E-state index in [4.69, 9.17) is 14.5 Å². The van der Waals surface area contributed by atoms with E-state index in [0.29, 0.717) is 18.3 Å². The third-order valence-corrected chi connectivity index (χ3v) is 5.04. The number of pyridine rings is 1. The van der Waals surface area contributed by atoms with Crippen molar-refractivity contribution in [2.45, 2.75) is 39.2 Å². The lowest BCUT2D eigenvalue weighted by Crippen LogP contribution is -2.46. The predicted octanol–water partition coefficient (Wildman–Crippen LogP) is 2.22. The molecular weight excluding hydrogens is 344 g/mol. The van der Waals surface area contributed by atoms with Crippen LogP contribution in [0.4, 0.5) is 0 Å². The van der Waals surface area contributed by atoms with Crippen LogP contribution >= 0.6 is 0 Å². The van der Waals surface area contributed by atoms with Crippen molar-refractivity contribution >= 4 is 11.9 Å². The Balaban J connectivity index is 1.57. The molecule has 1 N–H and O–H groups in total. The Kier molecular flexibility index (Phi) is 6.90. The molecule has 1 aromatic heterocycles. The maximum atomic E-state index is 11.7. The fourth-order valence-corrected chi connectivity index (χ4v) is 3.20. The van der Waals surface area contributed by atoms with Crippen molar-refractivity contribution in [3.05, 3.63) is 23.9 Å². The second-order valence-electron chi connectivity index (χ2n) is 7.21. The summed E-state index contributed by atoms with van der Waals surface area (Å²) in [6.45, 7) is 5.81. The molecule has 0 amide bonds. The first kappa shape index (κ1) is 19.5. The minimum atomic E-state index is -0.105. The van der Waals surface area contributed by atoms with Crippen LogP contribution in [0.15, 0.2) is 23.3 Å². The number of ether oxygens (including phenoxy) is 2. The first-order chi connectivity index (χ1) is 13.2. The Labute approximate surface area is 161 Å². The third kappa shape index (κ3) is 5.84. The fourth-order valence-electron chi connectivity index (χ4n) is 3.20. The summed E-state index contributed by atoms with van der Waals surface area (Å²) in [7, 11) is 1.46. The van der Waals surface area contributed by atoms with Gasteiger partial charge in [0.05, 0.1) is 26.2 Å². The normalized spacial score (nSPS) is 18.3. The van der Waals surface area contributed by atoms with Crippen LogP contribution in [-0.4, -0.2) is 55.2 Å². The van der Waals surface area contributed by atoms with Gasteiger partial charge < -0.3 is 19.7 Å². The highest BCUT2D eigenvalue weighted by Gasteiger charge is 2.27. The number of esters is 1. The molecular formula is C20H30N4O3. The van der Waals surface area contributed by atoms with Gasteiger partial charge in [-0.05, 0) is 50.2 Å². The van der Waals surface area contributed by atoms with Gasteiger partial charge >= 0.3 is 5.97 Å². The Morgan fingerprint density at radius 2 is 2.11 bits per heavy atom. The van der Waals surface area contributed by atoms with Crippen molar-refractivity contribution in [1.82, 2.24) is 15.2 Å². The molecule has 0 unspecified atom stereocenters. The molecule has 1 saturated carbocycles. The summed E-state index contributed by atoms with van der Waals surface area (Å²) < 4.78 is 10.6. The maximum Gasteiger partial charge on any atom is 0.308 e. The Morgan fingerprint density at radius 1 is 1.33 bits per heavy atom. The monoisotopic (exact) mass is 374 g/mol. The summed E-state index contributed by atoms with van der Waals surface area (Å²) >= 11 is 0. The number of hydrogen-bond donors (Lipinski definition) is 1. The van der Waals surface area contributed by atoms with Crippen molar-refractivity contribution in [2.75, 3.05) is 33.4 Å². The molecule has 1 aromatic rings. The zero-order valence-electron chi connectivity index (χ0n) is 16.3. The van der Waals surface area contributed by atoms with Crippen LogP contribution in [0.2, 0.25) is 0 Å². The van der Waals surface area contributed by atoms with Crippen LogP contribution in [0, 0.1) is 11.8 Å². The molecule has 1 aliphatic heterocycles. The van der Waals surface area contributed by atoms with Gasteiger partial charge in [-0.25, -0.2) is 9.98 Å². The summed E-state index contributed by atoms with van der Waals surface area (Å²) in [5.41, 5.74) is 1.08. The lowest BCUT2D eigenvalue weighted by molar-refractivity contribution is -0.146. The van der Waals surface area contributed by atoms with Gasteiger partial charge in [-0.15, -0.1) is 0 Å². The summed E-state index contributed by atoms with van der Waals surface area (Å²) in [4.78, 5) is 23.0. The minimum Gasteiger partial charge on any atom is -0.477 e. The van der Waals surface area contributed by atoms with E-state index in [1.165, 1.54) is 20.0 Å². The highest BCUT2D eigenvalue weighted by atomic mass is 16.5. The number of likely N-dealkylation sites (tertiary alicyclic amines) is 1. The number of aromatic nitrogens is 1. The molecule has 0 spiro atoms. The second kappa shape index (κ2) is 9.58. The van der Waals surface area contributed by atoms with Gasteiger partial charge in [0.2, 0.25) is 5.88 Å². The molecule has 2 aliphatic rings. The molecule has 0 aromatic carbocycles. The van der Waals surface area contributed by atoms with E-state index in [9.17, 15) is 4.79 Å². The average molecular weight is 374 g/mol. The Hall–Kier alpha value is -2.31. The topological polar surface area (TPSA) is 76.1 Å². The van der Waals surface area contributed by atoms with Gasteiger partial charge in [0.1, 0.15) is 0 Å². The van der Waals surface area contributed by atoms with Gasteiger partial charge in [-0.1, -0.05) is 0 Å². The van der Waals surface area contributed by atoms with Crippen molar-refractivity contribution < 1.29 is 14.3 Å². The van der Waals surface area contributed by atoms with Gasteiger partial charge in [0.15, 0.2) is 5.96 Å². The van der Waals surface area contributed by atoms with E-state index in [2.05, 4.69) is 22.1 Å². The molecule has 2 fully saturated rings. The summed E-state index contributed by atoms with van der Waals surface area (Å²) in [6, 6.07) is 3.94. The highest BCUT2D eigenvalue weighted by molar-refractivity contribution is 5.80. The van der Waals surface area contributed by atoms with Gasteiger partial charge in [-0.3, -0.25) is 4.79 Å². The molecule has 148 valence electrons. The Morgan fingerprint density at radius 3 is 2.78 bits per heavy atom. The van der Waals surface area contributed by atoms with Crippen LogP contribution < -0.4 is 10.1 Å². The van der Waals surface area contributed by atoms with E-state index >= 15 is 0 Å². The smallest absolute Gasteiger partial charge is 0.308 e. The zero-order valence-corrected chi connectivity index (χ0v) is 16.3. The zero-order chi connectivity index (χ0) is 19.1. The number of carbonyl (C=O) groups is 1. The quantitative estimate of drug-likeness (QED) is 0.448. The lowest BCUT2D eigenvalue weighted by atomic mass is 9.97. The highest BCUT2D eigenvalue weighted by Crippen LogP contribution is 2.29. The number of piperidine rings is 1.